The third-order valence-electron chi connectivity index (χ3n) is 3.66. The van der Waals surface area contributed by atoms with Crippen LogP contribution < -0.4 is 0 Å². The standard InChI is InChI=1S/C14H16BrNOS2/c1-18-12-8-10(7-11(15)13(12)19-2)14(16-9-17)5-3-4-6-14/h7-8H,3-6H2,1-2H3. The van der Waals surface area contributed by atoms with Gasteiger partial charge < -0.3 is 0 Å². The Morgan fingerprint density at radius 1 is 1.26 bits per heavy atom. The largest absolute Gasteiger partial charge is 0.235 e. The number of aliphatic imine (C=N–C) groups is 1. The van der Waals surface area contributed by atoms with Gasteiger partial charge in [-0.25, -0.2) is 4.79 Å². The summed E-state index contributed by atoms with van der Waals surface area (Å²) in [5.74, 6) is 0. The van der Waals surface area contributed by atoms with Gasteiger partial charge in [-0.05, 0) is 59.0 Å². The van der Waals surface area contributed by atoms with Gasteiger partial charge in [0.25, 0.3) is 0 Å². The molecular formula is C14H16BrNOS2. The molecule has 102 valence electrons. The highest BCUT2D eigenvalue weighted by atomic mass is 79.9. The lowest BCUT2D eigenvalue weighted by Gasteiger charge is -2.24. The van der Waals surface area contributed by atoms with Gasteiger partial charge in [-0.1, -0.05) is 12.8 Å². The number of nitrogens with zero attached hydrogens (tertiary/aromatic N) is 1. The quantitative estimate of drug-likeness (QED) is 0.431. The van der Waals surface area contributed by atoms with E-state index in [0.717, 1.165) is 35.7 Å². The van der Waals surface area contributed by atoms with E-state index in [1.165, 1.54) is 9.79 Å². The average Bonchev–Trinajstić information content (AvgIpc) is 2.88. The Kier molecular flexibility index (Phi) is 5.18. The highest BCUT2D eigenvalue weighted by molar-refractivity contribution is 9.10. The molecule has 2 rings (SSSR count). The predicted octanol–water partition coefficient (Wildman–Crippen LogP) is 5.00. The van der Waals surface area contributed by atoms with Crippen LogP contribution in [0.4, 0.5) is 0 Å². The number of halogens is 1. The summed E-state index contributed by atoms with van der Waals surface area (Å²) in [5, 5.41) is 0. The zero-order valence-electron chi connectivity index (χ0n) is 11.0. The summed E-state index contributed by atoms with van der Waals surface area (Å²) in [6, 6.07) is 4.31. The monoisotopic (exact) mass is 357 g/mol. The maximum atomic E-state index is 10.8. The van der Waals surface area contributed by atoms with Crippen molar-refractivity contribution in [1.82, 2.24) is 0 Å². The fraction of sp³-hybridized carbons (Fsp3) is 0.500. The molecule has 1 saturated carbocycles. The van der Waals surface area contributed by atoms with Crippen molar-refractivity contribution >= 4 is 45.5 Å². The van der Waals surface area contributed by atoms with Gasteiger partial charge >= 0.3 is 0 Å². The van der Waals surface area contributed by atoms with Crippen LogP contribution in [-0.4, -0.2) is 18.6 Å². The van der Waals surface area contributed by atoms with Crippen molar-refractivity contribution in [1.29, 1.82) is 0 Å². The third kappa shape index (κ3) is 2.94. The maximum absolute atomic E-state index is 10.8. The zero-order valence-corrected chi connectivity index (χ0v) is 14.3. The molecular weight excluding hydrogens is 342 g/mol. The lowest BCUT2D eigenvalue weighted by atomic mass is 9.89. The second-order valence-corrected chi connectivity index (χ2v) is 7.15. The number of isocyanates is 1. The third-order valence-corrected chi connectivity index (χ3v) is 6.29. The van der Waals surface area contributed by atoms with E-state index >= 15 is 0 Å². The average molecular weight is 358 g/mol. The molecule has 0 atom stereocenters. The Labute approximate surface area is 131 Å². The molecule has 1 aromatic carbocycles. The number of hydrogen-bond donors (Lipinski definition) is 0. The van der Waals surface area contributed by atoms with Gasteiger partial charge in [0.2, 0.25) is 6.08 Å². The van der Waals surface area contributed by atoms with Crippen molar-refractivity contribution < 1.29 is 4.79 Å². The first kappa shape index (κ1) is 15.2. The number of hydrogen-bond acceptors (Lipinski definition) is 4. The molecule has 1 aliphatic carbocycles. The van der Waals surface area contributed by atoms with Crippen LogP contribution in [0.2, 0.25) is 0 Å². The van der Waals surface area contributed by atoms with Crippen molar-refractivity contribution in [2.75, 3.05) is 12.5 Å². The van der Waals surface area contributed by atoms with E-state index in [4.69, 9.17) is 0 Å². The summed E-state index contributed by atoms with van der Waals surface area (Å²) in [7, 11) is 0. The molecule has 2 nitrogen and oxygen atoms in total. The molecule has 0 amide bonds. The van der Waals surface area contributed by atoms with Crippen LogP contribution in [0, 0.1) is 0 Å². The number of carbonyl (C=O) groups excluding carboxylic acids is 1. The van der Waals surface area contributed by atoms with Gasteiger partial charge in [-0.2, -0.15) is 4.99 Å². The Balaban J connectivity index is 2.55. The summed E-state index contributed by atoms with van der Waals surface area (Å²) >= 11 is 7.11. The molecule has 5 heteroatoms. The summed E-state index contributed by atoms with van der Waals surface area (Å²) in [6.07, 6.45) is 10.1. The summed E-state index contributed by atoms with van der Waals surface area (Å²) < 4.78 is 1.09. The van der Waals surface area contributed by atoms with Crippen LogP contribution in [-0.2, 0) is 10.3 Å². The van der Waals surface area contributed by atoms with E-state index in [-0.39, 0.29) is 5.54 Å². The van der Waals surface area contributed by atoms with Crippen molar-refractivity contribution in [2.24, 2.45) is 4.99 Å². The Hall–Kier alpha value is -0.220. The molecule has 0 spiro atoms. The van der Waals surface area contributed by atoms with Gasteiger partial charge in [-0.3, -0.25) is 0 Å². The molecule has 0 radical (unpaired) electrons. The molecule has 0 bridgehead atoms. The van der Waals surface area contributed by atoms with Crippen molar-refractivity contribution in [3.05, 3.63) is 22.2 Å². The second-order valence-electron chi connectivity index (χ2n) is 4.64. The lowest BCUT2D eigenvalue weighted by Crippen LogP contribution is -2.19. The first-order valence-corrected chi connectivity index (χ1v) is 9.42. The first-order chi connectivity index (χ1) is 9.16. The molecule has 1 aromatic rings. The van der Waals surface area contributed by atoms with Crippen molar-refractivity contribution in [2.45, 2.75) is 41.0 Å². The molecule has 0 heterocycles. The van der Waals surface area contributed by atoms with Crippen LogP contribution in [0.3, 0.4) is 0 Å². The Morgan fingerprint density at radius 2 is 1.95 bits per heavy atom. The van der Waals surface area contributed by atoms with E-state index < -0.39 is 0 Å². The zero-order chi connectivity index (χ0) is 13.9. The molecule has 0 saturated heterocycles. The number of rotatable bonds is 4. The normalized spacial score (nSPS) is 17.2. The minimum absolute atomic E-state index is 0.342. The Morgan fingerprint density at radius 3 is 2.47 bits per heavy atom. The molecule has 0 N–H and O–H groups in total. The van der Waals surface area contributed by atoms with Crippen molar-refractivity contribution in [3.63, 3.8) is 0 Å². The maximum Gasteiger partial charge on any atom is 0.235 e. The predicted molar refractivity (Wildman–Crippen MR) is 86.0 cm³/mol. The summed E-state index contributed by atoms with van der Waals surface area (Å²) in [6.45, 7) is 0. The minimum Gasteiger partial charge on any atom is -0.211 e. The van der Waals surface area contributed by atoms with Crippen LogP contribution in [0.25, 0.3) is 0 Å². The minimum atomic E-state index is -0.342. The van der Waals surface area contributed by atoms with Gasteiger partial charge in [-0.15, -0.1) is 23.5 Å². The summed E-state index contributed by atoms with van der Waals surface area (Å²) in [4.78, 5) is 17.4. The number of thioether (sulfide) groups is 2. The second kappa shape index (κ2) is 6.49. The fourth-order valence-corrected chi connectivity index (χ4v) is 5.33. The topological polar surface area (TPSA) is 29.4 Å². The van der Waals surface area contributed by atoms with Crippen LogP contribution >= 0.6 is 39.5 Å². The highest BCUT2D eigenvalue weighted by Gasteiger charge is 2.36. The molecule has 1 aliphatic rings. The SMILES string of the molecule is CSc1cc(C2(N=C=O)CCCC2)cc(Br)c1SC. The Bertz CT molecular complexity index is 520. The van der Waals surface area contributed by atoms with Gasteiger partial charge in [0.05, 0.1) is 5.54 Å². The molecule has 0 aliphatic heterocycles. The number of benzene rings is 1. The smallest absolute Gasteiger partial charge is 0.211 e. The highest BCUT2D eigenvalue weighted by Crippen LogP contribution is 2.46. The fourth-order valence-electron chi connectivity index (χ4n) is 2.70. The van der Waals surface area contributed by atoms with Crippen LogP contribution in [0.1, 0.15) is 31.2 Å². The van der Waals surface area contributed by atoms with Gasteiger partial charge in [0.15, 0.2) is 0 Å². The van der Waals surface area contributed by atoms with E-state index in [0.29, 0.717) is 0 Å². The van der Waals surface area contributed by atoms with Crippen LogP contribution in [0.15, 0.2) is 31.4 Å². The van der Waals surface area contributed by atoms with Gasteiger partial charge in [0.1, 0.15) is 0 Å². The van der Waals surface area contributed by atoms with E-state index in [2.05, 4.69) is 45.6 Å². The lowest BCUT2D eigenvalue weighted by molar-refractivity contribution is 0.454. The van der Waals surface area contributed by atoms with Gasteiger partial charge in [0, 0.05) is 14.3 Å². The van der Waals surface area contributed by atoms with Crippen LogP contribution in [0.5, 0.6) is 0 Å². The molecule has 19 heavy (non-hydrogen) atoms. The first-order valence-electron chi connectivity index (χ1n) is 6.18. The molecule has 1 fully saturated rings. The molecule has 0 unspecified atom stereocenters. The van der Waals surface area contributed by atoms with E-state index in [1.807, 2.05) is 0 Å². The van der Waals surface area contributed by atoms with E-state index in [9.17, 15) is 4.79 Å². The summed E-state index contributed by atoms with van der Waals surface area (Å²) in [5.41, 5.74) is 0.800. The van der Waals surface area contributed by atoms with Crippen molar-refractivity contribution in [3.8, 4) is 0 Å². The van der Waals surface area contributed by atoms with E-state index in [1.54, 1.807) is 29.6 Å². The molecule has 0 aromatic heterocycles.